The molecule has 0 saturated carbocycles. The number of rotatable bonds is 2. The molecule has 1 aliphatic carbocycles. The van der Waals surface area contributed by atoms with Crippen LogP contribution in [0.3, 0.4) is 0 Å². The molecular formula is C16H24N2O2. The van der Waals surface area contributed by atoms with E-state index in [-0.39, 0.29) is 23.8 Å². The summed E-state index contributed by atoms with van der Waals surface area (Å²) in [4.78, 5) is 25.9. The van der Waals surface area contributed by atoms with Crippen molar-refractivity contribution < 1.29 is 9.59 Å². The third-order valence-electron chi connectivity index (χ3n) is 3.99. The van der Waals surface area contributed by atoms with Crippen LogP contribution in [0.4, 0.5) is 0 Å². The zero-order chi connectivity index (χ0) is 14.5. The maximum absolute atomic E-state index is 12.2. The number of nitrogens with zero attached hydrogens (tertiary/aromatic N) is 1. The Morgan fingerprint density at radius 1 is 1.25 bits per heavy atom. The first-order chi connectivity index (χ1) is 9.77. The van der Waals surface area contributed by atoms with E-state index in [2.05, 4.69) is 17.5 Å². The summed E-state index contributed by atoms with van der Waals surface area (Å²) in [5.74, 6) is -0.152. The van der Waals surface area contributed by atoms with Crippen LogP contribution < -0.4 is 5.32 Å². The van der Waals surface area contributed by atoms with E-state index in [1.807, 2.05) is 19.9 Å². The first-order valence-corrected chi connectivity index (χ1v) is 7.71. The Balaban J connectivity index is 0.000000704. The number of likely N-dealkylation sites (tertiary alicyclic amines) is 1. The fraction of sp³-hybridized carbons (Fsp3) is 0.625. The van der Waals surface area contributed by atoms with Crippen LogP contribution >= 0.6 is 0 Å². The number of piperidine rings is 1. The molecule has 0 bridgehead atoms. The number of allylic oxidation sites excluding steroid dienone is 2. The van der Waals surface area contributed by atoms with Crippen molar-refractivity contribution in [2.75, 3.05) is 13.1 Å². The van der Waals surface area contributed by atoms with Crippen molar-refractivity contribution in [3.63, 3.8) is 0 Å². The van der Waals surface area contributed by atoms with E-state index in [0.29, 0.717) is 6.54 Å². The third kappa shape index (κ3) is 2.85. The van der Waals surface area contributed by atoms with Crippen molar-refractivity contribution in [1.82, 2.24) is 10.2 Å². The maximum atomic E-state index is 12.2. The molecule has 3 rings (SSSR count). The molecule has 2 fully saturated rings. The van der Waals surface area contributed by atoms with Gasteiger partial charge in [-0.2, -0.15) is 0 Å². The quantitative estimate of drug-likeness (QED) is 0.785. The van der Waals surface area contributed by atoms with Crippen molar-refractivity contribution in [3.05, 3.63) is 23.8 Å². The number of carbonyl (C=O) groups is 2. The average Bonchev–Trinajstić information content (AvgIpc) is 2.76. The Hall–Kier alpha value is -1.42. The molecule has 0 aromatic carbocycles. The minimum absolute atomic E-state index is 0.0112. The van der Waals surface area contributed by atoms with E-state index < -0.39 is 0 Å². The lowest BCUT2D eigenvalue weighted by Gasteiger charge is -2.21. The van der Waals surface area contributed by atoms with Gasteiger partial charge in [-0.3, -0.25) is 14.5 Å². The van der Waals surface area contributed by atoms with E-state index in [4.69, 9.17) is 0 Å². The second-order valence-corrected chi connectivity index (χ2v) is 5.20. The molecule has 0 aromatic rings. The van der Waals surface area contributed by atoms with Crippen LogP contribution in [0.5, 0.6) is 0 Å². The summed E-state index contributed by atoms with van der Waals surface area (Å²) in [5, 5.41) is 3.18. The zero-order valence-corrected chi connectivity index (χ0v) is 12.4. The molecule has 1 N–H and O–H groups in total. The molecule has 2 saturated heterocycles. The average molecular weight is 276 g/mol. The van der Waals surface area contributed by atoms with E-state index in [1.165, 1.54) is 4.90 Å². The lowest BCUT2D eigenvalue weighted by atomic mass is 9.93. The SMILES string of the molecule is CC.O=C1C2CCCNC2C(=O)N1CC1=CCCC=C1. The maximum Gasteiger partial charge on any atom is 0.247 e. The van der Waals surface area contributed by atoms with Crippen LogP contribution in [0.15, 0.2) is 23.8 Å². The van der Waals surface area contributed by atoms with Crippen molar-refractivity contribution in [1.29, 1.82) is 0 Å². The van der Waals surface area contributed by atoms with Gasteiger partial charge < -0.3 is 5.32 Å². The van der Waals surface area contributed by atoms with Crippen LogP contribution in [0.1, 0.15) is 39.5 Å². The smallest absolute Gasteiger partial charge is 0.247 e. The highest BCUT2D eigenvalue weighted by molar-refractivity contribution is 6.07. The van der Waals surface area contributed by atoms with Gasteiger partial charge in [-0.1, -0.05) is 32.1 Å². The number of nitrogens with one attached hydrogen (secondary N) is 1. The van der Waals surface area contributed by atoms with Gasteiger partial charge in [-0.25, -0.2) is 0 Å². The number of imide groups is 1. The van der Waals surface area contributed by atoms with Crippen LogP contribution in [-0.4, -0.2) is 35.8 Å². The third-order valence-corrected chi connectivity index (χ3v) is 3.99. The predicted molar refractivity (Wildman–Crippen MR) is 79.0 cm³/mol. The van der Waals surface area contributed by atoms with Gasteiger partial charge in [0.05, 0.1) is 18.5 Å². The molecule has 2 heterocycles. The van der Waals surface area contributed by atoms with Crippen molar-refractivity contribution in [3.8, 4) is 0 Å². The van der Waals surface area contributed by atoms with Crippen LogP contribution in [-0.2, 0) is 9.59 Å². The van der Waals surface area contributed by atoms with Crippen LogP contribution in [0.2, 0.25) is 0 Å². The summed E-state index contributed by atoms with van der Waals surface area (Å²) in [6.45, 7) is 5.29. The van der Waals surface area contributed by atoms with Gasteiger partial charge in [0.15, 0.2) is 0 Å². The topological polar surface area (TPSA) is 49.4 Å². The fourth-order valence-corrected chi connectivity index (χ4v) is 3.01. The first kappa shape index (κ1) is 15.0. The molecule has 4 heteroatoms. The predicted octanol–water partition coefficient (Wildman–Crippen LogP) is 2.03. The molecule has 0 radical (unpaired) electrons. The van der Waals surface area contributed by atoms with Gasteiger partial charge in [0, 0.05) is 0 Å². The Kier molecular flexibility index (Phi) is 5.12. The molecule has 20 heavy (non-hydrogen) atoms. The van der Waals surface area contributed by atoms with Crippen molar-refractivity contribution >= 4 is 11.8 Å². The molecule has 2 atom stereocenters. The standard InChI is InChI=1S/C14H18N2O2.C2H6/c17-13-11-7-4-8-15-12(11)14(18)16(13)9-10-5-2-1-3-6-10;1-2/h2,5-6,11-12,15H,1,3-4,7-9H2;1-2H3. The monoisotopic (exact) mass is 276 g/mol. The van der Waals surface area contributed by atoms with E-state index in [1.54, 1.807) is 0 Å². The van der Waals surface area contributed by atoms with Crippen molar-refractivity contribution in [2.24, 2.45) is 5.92 Å². The minimum Gasteiger partial charge on any atom is -0.305 e. The molecular weight excluding hydrogens is 252 g/mol. The number of amides is 2. The molecule has 0 aromatic heterocycles. The lowest BCUT2D eigenvalue weighted by molar-refractivity contribution is -0.139. The number of hydrogen-bond acceptors (Lipinski definition) is 3. The summed E-state index contributed by atoms with van der Waals surface area (Å²) < 4.78 is 0. The van der Waals surface area contributed by atoms with Gasteiger partial charge in [0.25, 0.3) is 0 Å². The van der Waals surface area contributed by atoms with Gasteiger partial charge in [0.2, 0.25) is 11.8 Å². The zero-order valence-electron chi connectivity index (χ0n) is 12.4. The largest absolute Gasteiger partial charge is 0.305 e. The van der Waals surface area contributed by atoms with Crippen LogP contribution in [0, 0.1) is 5.92 Å². The number of carbonyl (C=O) groups excluding carboxylic acids is 2. The first-order valence-electron chi connectivity index (χ1n) is 7.71. The second-order valence-electron chi connectivity index (χ2n) is 5.20. The molecule has 2 amide bonds. The minimum atomic E-state index is -0.264. The molecule has 3 aliphatic rings. The highest BCUT2D eigenvalue weighted by Gasteiger charge is 2.48. The summed E-state index contributed by atoms with van der Waals surface area (Å²) >= 11 is 0. The molecule has 4 nitrogen and oxygen atoms in total. The molecule has 2 unspecified atom stereocenters. The van der Waals surface area contributed by atoms with Gasteiger partial charge in [-0.05, 0) is 37.8 Å². The summed E-state index contributed by atoms with van der Waals surface area (Å²) in [5.41, 5.74) is 1.08. The summed E-state index contributed by atoms with van der Waals surface area (Å²) in [7, 11) is 0. The molecule has 2 aliphatic heterocycles. The Labute approximate surface area is 120 Å². The Bertz CT molecular complexity index is 416. The Morgan fingerprint density at radius 2 is 2.05 bits per heavy atom. The van der Waals surface area contributed by atoms with Crippen LogP contribution in [0.25, 0.3) is 0 Å². The lowest BCUT2D eigenvalue weighted by Crippen LogP contribution is -2.44. The van der Waals surface area contributed by atoms with Gasteiger partial charge in [-0.15, -0.1) is 0 Å². The molecule has 110 valence electrons. The highest BCUT2D eigenvalue weighted by Crippen LogP contribution is 2.28. The van der Waals surface area contributed by atoms with E-state index in [9.17, 15) is 9.59 Å². The summed E-state index contributed by atoms with van der Waals surface area (Å²) in [6, 6.07) is -0.264. The molecule has 0 spiro atoms. The summed E-state index contributed by atoms with van der Waals surface area (Å²) in [6.07, 6.45) is 10.1. The van der Waals surface area contributed by atoms with Crippen molar-refractivity contribution in [2.45, 2.75) is 45.6 Å². The van der Waals surface area contributed by atoms with E-state index in [0.717, 1.165) is 37.8 Å². The Morgan fingerprint density at radius 3 is 2.70 bits per heavy atom. The van der Waals surface area contributed by atoms with Gasteiger partial charge in [0.1, 0.15) is 0 Å². The normalized spacial score (nSPS) is 28.7. The van der Waals surface area contributed by atoms with E-state index >= 15 is 0 Å². The number of hydrogen-bond donors (Lipinski definition) is 1. The second kappa shape index (κ2) is 6.84. The van der Waals surface area contributed by atoms with Gasteiger partial charge >= 0.3 is 0 Å². The highest BCUT2D eigenvalue weighted by atomic mass is 16.2. The fourth-order valence-electron chi connectivity index (χ4n) is 3.01. The number of fused-ring (bicyclic) bond motifs is 1.